The summed E-state index contributed by atoms with van der Waals surface area (Å²) < 4.78 is 15.9. The summed E-state index contributed by atoms with van der Waals surface area (Å²) in [4.78, 5) is 22.4. The first-order chi connectivity index (χ1) is 12.5. The molecule has 0 aromatic heterocycles. The molecular formula is C19H15NO6. The number of nitrogens with zero attached hydrogens (tertiary/aromatic N) is 1. The molecule has 132 valence electrons. The lowest BCUT2D eigenvalue weighted by Crippen LogP contribution is -1.99. The number of non-ortho nitro benzene ring substituents is 1. The number of cyclic esters (lactones) is 1. The first kappa shape index (κ1) is 17.2. The van der Waals surface area contributed by atoms with Crippen LogP contribution in [0.4, 0.5) is 5.69 Å². The number of hydrogen-bond acceptors (Lipinski definition) is 6. The summed E-state index contributed by atoms with van der Waals surface area (Å²) in [5.41, 5.74) is 1.56. The molecule has 0 spiro atoms. The molecule has 7 nitrogen and oxygen atoms in total. The van der Waals surface area contributed by atoms with Crippen molar-refractivity contribution in [2.45, 2.75) is 0 Å². The summed E-state index contributed by atoms with van der Waals surface area (Å²) in [5, 5.41) is 10.7. The van der Waals surface area contributed by atoms with Gasteiger partial charge in [-0.2, -0.15) is 0 Å². The number of carbonyl (C=O) groups is 1. The summed E-state index contributed by atoms with van der Waals surface area (Å²) in [7, 11) is 3.07. The van der Waals surface area contributed by atoms with Crippen LogP contribution in [0.1, 0.15) is 11.1 Å². The van der Waals surface area contributed by atoms with Crippen LogP contribution in [0.3, 0.4) is 0 Å². The first-order valence-electron chi connectivity index (χ1n) is 7.64. The molecule has 2 aromatic rings. The number of carbonyl (C=O) groups excluding carboxylic acids is 1. The van der Waals surface area contributed by atoms with Crippen molar-refractivity contribution >= 4 is 23.5 Å². The molecule has 26 heavy (non-hydrogen) atoms. The van der Waals surface area contributed by atoms with E-state index in [2.05, 4.69) is 0 Å². The van der Waals surface area contributed by atoms with Crippen LogP contribution in [0.25, 0.3) is 11.8 Å². The Labute approximate surface area is 149 Å². The van der Waals surface area contributed by atoms with Gasteiger partial charge in [-0.15, -0.1) is 0 Å². The Hall–Kier alpha value is -3.61. The smallest absolute Gasteiger partial charge is 0.343 e. The van der Waals surface area contributed by atoms with Crippen LogP contribution in [0, 0.1) is 10.1 Å². The van der Waals surface area contributed by atoms with Crippen molar-refractivity contribution in [3.05, 3.63) is 75.4 Å². The Morgan fingerprint density at radius 3 is 2.42 bits per heavy atom. The second kappa shape index (κ2) is 7.10. The van der Waals surface area contributed by atoms with Gasteiger partial charge in [0.05, 0.1) is 30.3 Å². The van der Waals surface area contributed by atoms with Gasteiger partial charge in [0, 0.05) is 12.1 Å². The zero-order valence-corrected chi connectivity index (χ0v) is 14.1. The zero-order chi connectivity index (χ0) is 18.7. The summed E-state index contributed by atoms with van der Waals surface area (Å²) in [5.74, 6) is 0.981. The minimum atomic E-state index is -0.511. The van der Waals surface area contributed by atoms with E-state index in [9.17, 15) is 14.9 Å². The molecule has 0 saturated carbocycles. The lowest BCUT2D eigenvalue weighted by Gasteiger charge is -2.10. The lowest BCUT2D eigenvalue weighted by atomic mass is 10.1. The van der Waals surface area contributed by atoms with Crippen molar-refractivity contribution in [2.75, 3.05) is 14.2 Å². The van der Waals surface area contributed by atoms with E-state index in [0.29, 0.717) is 34.0 Å². The van der Waals surface area contributed by atoms with E-state index in [1.54, 1.807) is 49.6 Å². The highest BCUT2D eigenvalue weighted by atomic mass is 16.6. The predicted octanol–water partition coefficient (Wildman–Crippen LogP) is 3.59. The number of methoxy groups -OCH3 is 2. The Morgan fingerprint density at radius 1 is 1.08 bits per heavy atom. The number of nitro benzene ring substituents is 1. The largest absolute Gasteiger partial charge is 0.497 e. The molecule has 0 unspecified atom stereocenters. The van der Waals surface area contributed by atoms with Crippen molar-refractivity contribution in [1.82, 2.24) is 0 Å². The van der Waals surface area contributed by atoms with E-state index in [1.807, 2.05) is 0 Å². The van der Waals surface area contributed by atoms with Gasteiger partial charge < -0.3 is 14.2 Å². The molecule has 2 aromatic carbocycles. The highest BCUT2D eigenvalue weighted by Gasteiger charge is 2.24. The molecule has 0 atom stereocenters. The van der Waals surface area contributed by atoms with Gasteiger partial charge >= 0.3 is 5.97 Å². The van der Waals surface area contributed by atoms with E-state index in [4.69, 9.17) is 14.2 Å². The number of esters is 1. The molecule has 1 aliphatic rings. The molecule has 0 amide bonds. The summed E-state index contributed by atoms with van der Waals surface area (Å²) in [6.45, 7) is 0. The SMILES string of the molecule is COc1ccc(OC)c(C2=CC(=Cc3ccc([N+](=O)[O-])cc3)C(=O)O2)c1. The van der Waals surface area contributed by atoms with Gasteiger partial charge in [-0.25, -0.2) is 4.79 Å². The Kier molecular flexibility index (Phi) is 4.70. The fourth-order valence-electron chi connectivity index (χ4n) is 2.50. The minimum Gasteiger partial charge on any atom is -0.497 e. The summed E-state index contributed by atoms with van der Waals surface area (Å²) in [6.07, 6.45) is 3.20. The molecule has 0 N–H and O–H groups in total. The fourth-order valence-corrected chi connectivity index (χ4v) is 2.50. The van der Waals surface area contributed by atoms with E-state index in [0.717, 1.165) is 0 Å². The highest BCUT2D eigenvalue weighted by Crippen LogP contribution is 2.35. The van der Waals surface area contributed by atoms with Crippen LogP contribution >= 0.6 is 0 Å². The van der Waals surface area contributed by atoms with E-state index < -0.39 is 10.9 Å². The molecule has 0 bridgehead atoms. The average molecular weight is 353 g/mol. The van der Waals surface area contributed by atoms with Gasteiger partial charge in [-0.3, -0.25) is 10.1 Å². The van der Waals surface area contributed by atoms with Crippen molar-refractivity contribution < 1.29 is 23.9 Å². The number of benzene rings is 2. The standard InChI is InChI=1S/C19H15NO6/c1-24-15-7-8-17(25-2)16(11-15)18-10-13(19(21)26-18)9-12-3-5-14(6-4-12)20(22)23/h3-11H,1-2H3. The minimum absolute atomic E-state index is 0.0153. The summed E-state index contributed by atoms with van der Waals surface area (Å²) >= 11 is 0. The Bertz CT molecular complexity index is 928. The lowest BCUT2D eigenvalue weighted by molar-refractivity contribution is -0.384. The fraction of sp³-hybridized carbons (Fsp3) is 0.105. The van der Waals surface area contributed by atoms with Crippen LogP contribution in [0.15, 0.2) is 54.1 Å². The topological polar surface area (TPSA) is 87.9 Å². The highest BCUT2D eigenvalue weighted by molar-refractivity contribution is 6.05. The van der Waals surface area contributed by atoms with Crippen molar-refractivity contribution in [1.29, 1.82) is 0 Å². The van der Waals surface area contributed by atoms with Crippen LogP contribution in [0.5, 0.6) is 11.5 Å². The van der Waals surface area contributed by atoms with Crippen LogP contribution in [-0.4, -0.2) is 25.1 Å². The normalized spacial score (nSPS) is 14.8. The number of rotatable bonds is 5. The van der Waals surface area contributed by atoms with E-state index in [-0.39, 0.29) is 5.69 Å². The maximum absolute atomic E-state index is 12.2. The van der Waals surface area contributed by atoms with Gasteiger partial charge in [-0.05, 0) is 48.0 Å². The molecule has 7 heteroatoms. The van der Waals surface area contributed by atoms with Gasteiger partial charge in [0.1, 0.15) is 17.3 Å². The van der Waals surface area contributed by atoms with E-state index in [1.165, 1.54) is 19.2 Å². The number of nitro groups is 1. The van der Waals surface area contributed by atoms with Crippen LogP contribution < -0.4 is 9.47 Å². The quantitative estimate of drug-likeness (QED) is 0.353. The van der Waals surface area contributed by atoms with Crippen molar-refractivity contribution in [3.8, 4) is 11.5 Å². The Balaban J connectivity index is 1.95. The molecular weight excluding hydrogens is 338 g/mol. The third-order valence-electron chi connectivity index (χ3n) is 3.82. The summed E-state index contributed by atoms with van der Waals surface area (Å²) in [6, 6.07) is 11.1. The maximum atomic E-state index is 12.2. The molecule has 0 saturated heterocycles. The molecule has 1 aliphatic heterocycles. The first-order valence-corrected chi connectivity index (χ1v) is 7.64. The number of hydrogen-bond donors (Lipinski definition) is 0. The number of ether oxygens (including phenoxy) is 3. The van der Waals surface area contributed by atoms with Crippen LogP contribution in [0.2, 0.25) is 0 Å². The average Bonchev–Trinajstić information content (AvgIpc) is 3.02. The van der Waals surface area contributed by atoms with Crippen LogP contribution in [-0.2, 0) is 9.53 Å². The van der Waals surface area contributed by atoms with Crippen molar-refractivity contribution in [2.24, 2.45) is 0 Å². The Morgan fingerprint density at radius 2 is 1.81 bits per heavy atom. The zero-order valence-electron chi connectivity index (χ0n) is 14.1. The molecule has 3 rings (SSSR count). The van der Waals surface area contributed by atoms with Crippen molar-refractivity contribution in [3.63, 3.8) is 0 Å². The van der Waals surface area contributed by atoms with Gasteiger partial charge in [0.25, 0.3) is 5.69 Å². The maximum Gasteiger partial charge on any atom is 0.343 e. The third-order valence-corrected chi connectivity index (χ3v) is 3.82. The van der Waals surface area contributed by atoms with Gasteiger partial charge in [0.15, 0.2) is 0 Å². The van der Waals surface area contributed by atoms with Gasteiger partial charge in [0.2, 0.25) is 0 Å². The predicted molar refractivity (Wildman–Crippen MR) is 94.7 cm³/mol. The second-order valence-corrected chi connectivity index (χ2v) is 5.41. The van der Waals surface area contributed by atoms with Gasteiger partial charge in [-0.1, -0.05) is 0 Å². The molecule has 0 radical (unpaired) electrons. The molecule has 1 heterocycles. The third kappa shape index (κ3) is 3.41. The second-order valence-electron chi connectivity index (χ2n) is 5.41. The monoisotopic (exact) mass is 353 g/mol. The van der Waals surface area contributed by atoms with E-state index >= 15 is 0 Å². The molecule has 0 aliphatic carbocycles. The molecule has 0 fully saturated rings.